The normalized spacial score (nSPS) is 8.67. The molecule has 0 atom stereocenters. The predicted molar refractivity (Wildman–Crippen MR) is 36.1 cm³/mol. The molecule has 4 nitrogen and oxygen atoms in total. The Morgan fingerprint density at radius 2 is 2.11 bits per heavy atom. The highest BCUT2D eigenvalue weighted by Gasteiger charge is 1.91. The maximum absolute atomic E-state index is 10.5. The lowest BCUT2D eigenvalue weighted by atomic mass is 10.7. The van der Waals surface area contributed by atoms with Crippen LogP contribution in [0.2, 0.25) is 0 Å². The molecule has 0 aromatic heterocycles. The predicted octanol–water partition coefficient (Wildman–Crippen LogP) is -0.518. The van der Waals surface area contributed by atoms with E-state index in [0.717, 1.165) is 0 Å². The molecule has 0 unspecified atom stereocenters. The maximum Gasteiger partial charge on any atom is 0.315 e. The van der Waals surface area contributed by atoms with Gasteiger partial charge in [0.2, 0.25) is 0 Å². The zero-order valence-corrected chi connectivity index (χ0v) is 5.82. The fourth-order valence-corrected chi connectivity index (χ4v) is 0.392. The molecule has 0 saturated heterocycles. The van der Waals surface area contributed by atoms with Crippen LogP contribution in [0, 0.1) is 0 Å². The van der Waals surface area contributed by atoms with Crippen LogP contribution in [0.4, 0.5) is 4.79 Å². The monoisotopic (exact) mass is 131 g/mol. The summed E-state index contributed by atoms with van der Waals surface area (Å²) in [6, 6.07) is -0.133. The lowest BCUT2D eigenvalue weighted by molar-refractivity contribution is 0.241. The van der Waals surface area contributed by atoms with Crippen molar-refractivity contribution in [1.82, 2.24) is 16.0 Å². The maximum atomic E-state index is 10.5. The van der Waals surface area contributed by atoms with Crippen molar-refractivity contribution in [2.75, 3.05) is 20.3 Å². The average Bonchev–Trinajstić information content (AvgIpc) is 1.85. The van der Waals surface area contributed by atoms with Gasteiger partial charge in [-0.25, -0.2) is 4.79 Å². The number of urea groups is 1. The first kappa shape index (κ1) is 8.23. The Kier molecular flexibility index (Phi) is 4.91. The van der Waals surface area contributed by atoms with Gasteiger partial charge in [0, 0.05) is 6.54 Å². The van der Waals surface area contributed by atoms with E-state index in [2.05, 4.69) is 16.0 Å². The van der Waals surface area contributed by atoms with E-state index >= 15 is 0 Å². The number of amides is 2. The molecule has 3 N–H and O–H groups in total. The van der Waals surface area contributed by atoms with E-state index in [0.29, 0.717) is 13.2 Å². The van der Waals surface area contributed by atoms with Crippen LogP contribution in [0.1, 0.15) is 6.92 Å². The fraction of sp³-hybridized carbons (Fsp3) is 0.800. The first-order valence-electron chi connectivity index (χ1n) is 2.97. The van der Waals surface area contributed by atoms with Gasteiger partial charge in [0.15, 0.2) is 0 Å². The van der Waals surface area contributed by atoms with Crippen LogP contribution < -0.4 is 16.0 Å². The standard InChI is InChI=1S/C5H13N3O/c1-3-7-5(9)8-4-6-2/h6H,3-4H2,1-2H3,(H2,7,8,9). The lowest BCUT2D eigenvalue weighted by Crippen LogP contribution is -2.39. The van der Waals surface area contributed by atoms with Gasteiger partial charge in [0.1, 0.15) is 0 Å². The molecule has 0 bridgehead atoms. The minimum absolute atomic E-state index is 0.133. The molecule has 0 aromatic rings. The summed E-state index contributed by atoms with van der Waals surface area (Å²) in [7, 11) is 1.77. The second-order valence-electron chi connectivity index (χ2n) is 1.57. The lowest BCUT2D eigenvalue weighted by Gasteiger charge is -2.02. The average molecular weight is 131 g/mol. The quantitative estimate of drug-likeness (QED) is 0.451. The minimum atomic E-state index is -0.133. The fourth-order valence-electron chi connectivity index (χ4n) is 0.392. The Labute approximate surface area is 55.0 Å². The van der Waals surface area contributed by atoms with Crippen molar-refractivity contribution < 1.29 is 4.79 Å². The molecule has 9 heavy (non-hydrogen) atoms. The Hall–Kier alpha value is -0.770. The van der Waals surface area contributed by atoms with Crippen LogP contribution in [0.3, 0.4) is 0 Å². The largest absolute Gasteiger partial charge is 0.338 e. The zero-order valence-electron chi connectivity index (χ0n) is 5.82. The summed E-state index contributed by atoms with van der Waals surface area (Å²) in [5, 5.41) is 7.95. The Bertz CT molecular complexity index is 84.3. The van der Waals surface area contributed by atoms with Gasteiger partial charge < -0.3 is 16.0 Å². The van der Waals surface area contributed by atoms with Crippen molar-refractivity contribution in [3.05, 3.63) is 0 Å². The summed E-state index contributed by atoms with van der Waals surface area (Å²) in [5.74, 6) is 0. The van der Waals surface area contributed by atoms with Crippen LogP contribution in [-0.2, 0) is 0 Å². The summed E-state index contributed by atoms with van der Waals surface area (Å²) in [4.78, 5) is 10.5. The smallest absolute Gasteiger partial charge is 0.315 e. The van der Waals surface area contributed by atoms with Gasteiger partial charge in [0.25, 0.3) is 0 Å². The molecule has 0 saturated carbocycles. The molecule has 54 valence electrons. The molecule has 0 rings (SSSR count). The van der Waals surface area contributed by atoms with Crippen molar-refractivity contribution in [2.45, 2.75) is 6.92 Å². The van der Waals surface area contributed by atoms with E-state index in [-0.39, 0.29) is 6.03 Å². The highest BCUT2D eigenvalue weighted by atomic mass is 16.2. The van der Waals surface area contributed by atoms with Crippen molar-refractivity contribution >= 4 is 6.03 Å². The van der Waals surface area contributed by atoms with E-state index in [1.54, 1.807) is 7.05 Å². The van der Waals surface area contributed by atoms with Gasteiger partial charge in [-0.1, -0.05) is 0 Å². The molecule has 0 aliphatic rings. The van der Waals surface area contributed by atoms with E-state index < -0.39 is 0 Å². The van der Waals surface area contributed by atoms with Crippen molar-refractivity contribution in [3.8, 4) is 0 Å². The third-order valence-electron chi connectivity index (χ3n) is 0.763. The highest BCUT2D eigenvalue weighted by molar-refractivity contribution is 5.73. The number of hydrogen-bond acceptors (Lipinski definition) is 2. The molecule has 0 radical (unpaired) electrons. The van der Waals surface area contributed by atoms with Gasteiger partial charge in [-0.15, -0.1) is 0 Å². The van der Waals surface area contributed by atoms with Crippen LogP contribution >= 0.6 is 0 Å². The zero-order chi connectivity index (χ0) is 7.11. The Morgan fingerprint density at radius 1 is 1.44 bits per heavy atom. The number of hydrogen-bond donors (Lipinski definition) is 3. The van der Waals surface area contributed by atoms with E-state index in [4.69, 9.17) is 0 Å². The van der Waals surface area contributed by atoms with Gasteiger partial charge >= 0.3 is 6.03 Å². The van der Waals surface area contributed by atoms with Gasteiger partial charge in [-0.3, -0.25) is 0 Å². The number of carbonyl (C=O) groups excluding carboxylic acids is 1. The molecule has 0 heterocycles. The number of rotatable bonds is 3. The third-order valence-corrected chi connectivity index (χ3v) is 0.763. The van der Waals surface area contributed by atoms with Gasteiger partial charge in [-0.2, -0.15) is 0 Å². The van der Waals surface area contributed by atoms with Gasteiger partial charge in [0.05, 0.1) is 6.67 Å². The number of carbonyl (C=O) groups is 1. The topological polar surface area (TPSA) is 53.2 Å². The number of nitrogens with one attached hydrogen (secondary N) is 3. The molecule has 4 heteroatoms. The second kappa shape index (κ2) is 5.37. The summed E-state index contributed by atoms with van der Waals surface area (Å²) in [6.07, 6.45) is 0. The molecule has 0 fully saturated rings. The molecule has 0 aliphatic heterocycles. The third kappa shape index (κ3) is 5.10. The Morgan fingerprint density at radius 3 is 2.56 bits per heavy atom. The SMILES string of the molecule is CCNC(=O)NCNC. The van der Waals surface area contributed by atoms with E-state index in [9.17, 15) is 4.79 Å². The van der Waals surface area contributed by atoms with Crippen LogP contribution in [0.15, 0.2) is 0 Å². The van der Waals surface area contributed by atoms with Crippen LogP contribution in [0.25, 0.3) is 0 Å². The first-order chi connectivity index (χ1) is 4.31. The van der Waals surface area contributed by atoms with Crippen molar-refractivity contribution in [1.29, 1.82) is 0 Å². The molecular weight excluding hydrogens is 118 g/mol. The molecule has 0 spiro atoms. The molecule has 0 aliphatic carbocycles. The summed E-state index contributed by atoms with van der Waals surface area (Å²) >= 11 is 0. The molecule has 2 amide bonds. The Balaban J connectivity index is 3.06. The summed E-state index contributed by atoms with van der Waals surface area (Å²) < 4.78 is 0. The van der Waals surface area contributed by atoms with E-state index in [1.165, 1.54) is 0 Å². The second-order valence-corrected chi connectivity index (χ2v) is 1.57. The van der Waals surface area contributed by atoms with Crippen LogP contribution in [-0.4, -0.2) is 26.3 Å². The van der Waals surface area contributed by atoms with E-state index in [1.807, 2.05) is 6.92 Å². The van der Waals surface area contributed by atoms with Crippen molar-refractivity contribution in [3.63, 3.8) is 0 Å². The highest BCUT2D eigenvalue weighted by Crippen LogP contribution is 1.59. The van der Waals surface area contributed by atoms with Crippen molar-refractivity contribution in [2.24, 2.45) is 0 Å². The molecule has 0 aromatic carbocycles. The molecular formula is C5H13N3O. The summed E-state index contributed by atoms with van der Waals surface area (Å²) in [6.45, 7) is 3.04. The summed E-state index contributed by atoms with van der Waals surface area (Å²) in [5.41, 5.74) is 0. The van der Waals surface area contributed by atoms with Gasteiger partial charge in [-0.05, 0) is 14.0 Å². The van der Waals surface area contributed by atoms with Crippen LogP contribution in [0.5, 0.6) is 0 Å². The minimum Gasteiger partial charge on any atom is -0.338 e. The first-order valence-corrected chi connectivity index (χ1v) is 2.97.